The summed E-state index contributed by atoms with van der Waals surface area (Å²) in [4.78, 5) is 14.6. The molecule has 1 aliphatic heterocycles. The van der Waals surface area contributed by atoms with Gasteiger partial charge in [0.15, 0.2) is 11.5 Å². The van der Waals surface area contributed by atoms with E-state index >= 15 is 0 Å². The molecule has 1 aliphatic rings. The number of nitrogens with zero attached hydrogens (tertiary/aromatic N) is 2. The highest BCUT2D eigenvalue weighted by Crippen LogP contribution is 2.20. The molecule has 1 fully saturated rings. The van der Waals surface area contributed by atoms with E-state index in [0.717, 1.165) is 38.2 Å². The zero-order valence-corrected chi connectivity index (χ0v) is 13.4. The maximum atomic E-state index is 12.7. The summed E-state index contributed by atoms with van der Waals surface area (Å²) in [5.74, 6) is 0.672. The Balaban J connectivity index is 0.00000176. The van der Waals surface area contributed by atoms with Crippen LogP contribution in [0.3, 0.4) is 0 Å². The predicted octanol–water partition coefficient (Wildman–Crippen LogP) is 2.31. The summed E-state index contributed by atoms with van der Waals surface area (Å²) in [7, 11) is 0. The Kier molecular flexibility index (Phi) is 5.63. The third-order valence-electron chi connectivity index (χ3n) is 3.78. The van der Waals surface area contributed by atoms with Crippen molar-refractivity contribution in [2.24, 2.45) is 0 Å². The second-order valence-corrected chi connectivity index (χ2v) is 5.29. The van der Waals surface area contributed by atoms with Gasteiger partial charge in [0.05, 0.1) is 6.26 Å². The third-order valence-corrected chi connectivity index (χ3v) is 3.78. The summed E-state index contributed by atoms with van der Waals surface area (Å²) in [5.41, 5.74) is 1.17. The molecule has 2 aromatic heterocycles. The van der Waals surface area contributed by atoms with Crippen LogP contribution in [-0.4, -0.2) is 46.7 Å². The monoisotopic (exact) mass is 324 g/mol. The summed E-state index contributed by atoms with van der Waals surface area (Å²) in [6.07, 6.45) is 3.55. The summed E-state index contributed by atoms with van der Waals surface area (Å²) in [5, 5.41) is 10.3. The van der Waals surface area contributed by atoms with Crippen molar-refractivity contribution in [3.63, 3.8) is 0 Å². The van der Waals surface area contributed by atoms with Gasteiger partial charge in [-0.15, -0.1) is 12.4 Å². The standard InChI is InChI=1S/C15H20N4O2.ClH/c1-2-7-19(11-5-6-16-10-11)15(20)13-9-12(17-18-13)14-4-3-8-21-14;/h3-4,8-9,11,16H,2,5-7,10H2,1H3,(H,17,18);1H. The lowest BCUT2D eigenvalue weighted by Gasteiger charge is -2.27. The van der Waals surface area contributed by atoms with Crippen LogP contribution in [0.1, 0.15) is 30.3 Å². The van der Waals surface area contributed by atoms with Gasteiger partial charge in [0.2, 0.25) is 0 Å². The number of H-pyrrole nitrogens is 1. The average Bonchev–Trinajstić information content (AvgIpc) is 3.25. The molecule has 0 saturated carbocycles. The Morgan fingerprint density at radius 1 is 1.55 bits per heavy atom. The molecule has 6 nitrogen and oxygen atoms in total. The number of carbonyl (C=O) groups excluding carboxylic acids is 1. The maximum Gasteiger partial charge on any atom is 0.274 e. The molecule has 7 heteroatoms. The fourth-order valence-corrected chi connectivity index (χ4v) is 2.73. The van der Waals surface area contributed by atoms with Crippen LogP contribution in [0.25, 0.3) is 11.5 Å². The van der Waals surface area contributed by atoms with E-state index in [2.05, 4.69) is 22.4 Å². The second kappa shape index (κ2) is 7.47. The Bertz CT molecular complexity index is 590. The number of hydrogen-bond donors (Lipinski definition) is 2. The van der Waals surface area contributed by atoms with Crippen LogP contribution < -0.4 is 5.32 Å². The van der Waals surface area contributed by atoms with Gasteiger partial charge in [0, 0.05) is 25.2 Å². The zero-order chi connectivity index (χ0) is 14.7. The van der Waals surface area contributed by atoms with Crippen LogP contribution >= 0.6 is 12.4 Å². The molecule has 120 valence electrons. The average molecular weight is 325 g/mol. The van der Waals surface area contributed by atoms with Gasteiger partial charge in [-0.25, -0.2) is 0 Å². The van der Waals surface area contributed by atoms with Gasteiger partial charge in [-0.2, -0.15) is 5.10 Å². The summed E-state index contributed by atoms with van der Waals surface area (Å²) in [6, 6.07) is 5.67. The minimum absolute atomic E-state index is 0. The first-order valence-corrected chi connectivity index (χ1v) is 7.40. The van der Waals surface area contributed by atoms with Crippen LogP contribution in [0.15, 0.2) is 28.9 Å². The van der Waals surface area contributed by atoms with Crippen molar-refractivity contribution in [1.29, 1.82) is 0 Å². The van der Waals surface area contributed by atoms with Crippen LogP contribution in [0.4, 0.5) is 0 Å². The summed E-state index contributed by atoms with van der Waals surface area (Å²) in [6.45, 7) is 4.67. The molecular weight excluding hydrogens is 304 g/mol. The highest BCUT2D eigenvalue weighted by Gasteiger charge is 2.28. The highest BCUT2D eigenvalue weighted by molar-refractivity contribution is 5.93. The van der Waals surface area contributed by atoms with Crippen LogP contribution in [0.5, 0.6) is 0 Å². The molecule has 0 aromatic carbocycles. The van der Waals surface area contributed by atoms with E-state index in [9.17, 15) is 4.79 Å². The van der Waals surface area contributed by atoms with Crippen molar-refractivity contribution < 1.29 is 9.21 Å². The zero-order valence-electron chi connectivity index (χ0n) is 12.5. The lowest BCUT2D eigenvalue weighted by Crippen LogP contribution is -2.42. The van der Waals surface area contributed by atoms with Crippen LogP contribution in [0, 0.1) is 0 Å². The fraction of sp³-hybridized carbons (Fsp3) is 0.467. The van der Waals surface area contributed by atoms with Gasteiger partial charge in [-0.1, -0.05) is 6.92 Å². The Morgan fingerprint density at radius 3 is 3.05 bits per heavy atom. The van der Waals surface area contributed by atoms with Crippen molar-refractivity contribution in [3.05, 3.63) is 30.2 Å². The van der Waals surface area contributed by atoms with E-state index in [1.165, 1.54) is 0 Å². The van der Waals surface area contributed by atoms with E-state index < -0.39 is 0 Å². The molecule has 3 rings (SSSR count). The second-order valence-electron chi connectivity index (χ2n) is 5.29. The van der Waals surface area contributed by atoms with Gasteiger partial charge in [-0.05, 0) is 31.5 Å². The van der Waals surface area contributed by atoms with E-state index in [0.29, 0.717) is 11.5 Å². The minimum atomic E-state index is -0.0143. The minimum Gasteiger partial charge on any atom is -0.463 e. The van der Waals surface area contributed by atoms with Crippen molar-refractivity contribution in [2.75, 3.05) is 19.6 Å². The van der Waals surface area contributed by atoms with Gasteiger partial charge in [0.1, 0.15) is 5.69 Å². The molecule has 1 unspecified atom stereocenters. The van der Waals surface area contributed by atoms with E-state index in [-0.39, 0.29) is 24.4 Å². The van der Waals surface area contributed by atoms with Gasteiger partial charge < -0.3 is 14.6 Å². The Labute approximate surface area is 135 Å². The smallest absolute Gasteiger partial charge is 0.274 e. The maximum absolute atomic E-state index is 12.7. The molecule has 22 heavy (non-hydrogen) atoms. The predicted molar refractivity (Wildman–Crippen MR) is 86.1 cm³/mol. The molecule has 0 spiro atoms. The van der Waals surface area contributed by atoms with E-state index in [1.807, 2.05) is 17.0 Å². The van der Waals surface area contributed by atoms with Crippen molar-refractivity contribution >= 4 is 18.3 Å². The largest absolute Gasteiger partial charge is 0.463 e. The van der Waals surface area contributed by atoms with Crippen molar-refractivity contribution in [3.8, 4) is 11.5 Å². The molecule has 1 atom stereocenters. The fourth-order valence-electron chi connectivity index (χ4n) is 2.73. The SMILES string of the molecule is CCCN(C(=O)c1cc(-c2ccco2)[nH]n1)C1CCNC1.Cl. The summed E-state index contributed by atoms with van der Waals surface area (Å²) < 4.78 is 5.31. The van der Waals surface area contributed by atoms with E-state index in [1.54, 1.807) is 12.3 Å². The number of carbonyl (C=O) groups is 1. The quantitative estimate of drug-likeness (QED) is 0.885. The Hall–Kier alpha value is -1.79. The third kappa shape index (κ3) is 3.34. The highest BCUT2D eigenvalue weighted by atomic mass is 35.5. The van der Waals surface area contributed by atoms with Crippen LogP contribution in [0.2, 0.25) is 0 Å². The lowest BCUT2D eigenvalue weighted by molar-refractivity contribution is 0.0686. The molecule has 3 heterocycles. The first-order chi connectivity index (χ1) is 10.3. The molecular formula is C15H21ClN4O2. The Morgan fingerprint density at radius 2 is 2.41 bits per heavy atom. The normalized spacial score (nSPS) is 17.2. The number of rotatable bonds is 5. The first kappa shape index (κ1) is 16.6. The molecule has 1 amide bonds. The number of amides is 1. The van der Waals surface area contributed by atoms with Gasteiger partial charge >= 0.3 is 0 Å². The first-order valence-electron chi connectivity index (χ1n) is 7.40. The number of hydrogen-bond acceptors (Lipinski definition) is 4. The number of nitrogens with one attached hydrogen (secondary N) is 2. The number of halogens is 1. The molecule has 1 saturated heterocycles. The summed E-state index contributed by atoms with van der Waals surface area (Å²) >= 11 is 0. The molecule has 2 aromatic rings. The molecule has 0 aliphatic carbocycles. The van der Waals surface area contributed by atoms with Gasteiger partial charge in [-0.3, -0.25) is 9.89 Å². The van der Waals surface area contributed by atoms with Crippen LogP contribution in [-0.2, 0) is 0 Å². The molecule has 2 N–H and O–H groups in total. The number of aromatic nitrogens is 2. The van der Waals surface area contributed by atoms with Crippen molar-refractivity contribution in [2.45, 2.75) is 25.8 Å². The number of aromatic amines is 1. The van der Waals surface area contributed by atoms with Crippen molar-refractivity contribution in [1.82, 2.24) is 20.4 Å². The lowest BCUT2D eigenvalue weighted by atomic mass is 10.2. The topological polar surface area (TPSA) is 74.2 Å². The molecule has 0 bridgehead atoms. The molecule has 0 radical (unpaired) electrons. The van der Waals surface area contributed by atoms with E-state index in [4.69, 9.17) is 4.42 Å². The van der Waals surface area contributed by atoms with Gasteiger partial charge in [0.25, 0.3) is 5.91 Å². The number of furan rings is 1.